The van der Waals surface area contributed by atoms with Crippen LogP contribution in [0.25, 0.3) is 10.9 Å². The number of ether oxygens (including phenoxy) is 1. The van der Waals surface area contributed by atoms with E-state index < -0.39 is 17.3 Å². The summed E-state index contributed by atoms with van der Waals surface area (Å²) in [7, 11) is 0. The number of hydrogen-bond donors (Lipinski definition) is 1. The van der Waals surface area contributed by atoms with E-state index in [2.05, 4.69) is 4.98 Å². The number of amides is 1. The third-order valence-corrected chi connectivity index (χ3v) is 6.22. The number of fused-ring (bicyclic) bond motifs is 1. The number of carbonyl (C=O) groups is 1. The molecule has 2 atom stereocenters. The maximum Gasteiger partial charge on any atom is 0.329 e. The molecule has 1 N–H and O–H groups in total. The van der Waals surface area contributed by atoms with Crippen LogP contribution in [0.1, 0.15) is 24.1 Å². The lowest BCUT2D eigenvalue weighted by molar-refractivity contribution is -0.142. The lowest BCUT2D eigenvalue weighted by Crippen LogP contribution is -2.49. The second-order valence-electron chi connectivity index (χ2n) is 7.50. The van der Waals surface area contributed by atoms with Gasteiger partial charge in [0, 0.05) is 6.54 Å². The highest BCUT2D eigenvalue weighted by Crippen LogP contribution is 2.25. The van der Waals surface area contributed by atoms with E-state index >= 15 is 0 Å². The molecule has 1 amide bonds. The fraction of sp³-hybridized carbons (Fsp3) is 0.348. The van der Waals surface area contributed by atoms with Crippen molar-refractivity contribution >= 4 is 28.6 Å². The third kappa shape index (κ3) is 4.45. The number of rotatable bonds is 6. The molecule has 4 rings (SSSR count). The Balaban J connectivity index is 1.68. The van der Waals surface area contributed by atoms with Crippen LogP contribution >= 0.6 is 11.8 Å². The Labute approximate surface area is 184 Å². The zero-order valence-corrected chi connectivity index (χ0v) is 18.1. The van der Waals surface area contributed by atoms with Gasteiger partial charge in [0.2, 0.25) is 5.91 Å². The average molecular weight is 440 g/mol. The van der Waals surface area contributed by atoms with Crippen molar-refractivity contribution in [3.8, 4) is 0 Å². The Hall–Kier alpha value is -2.84. The number of nitrogens with one attached hydrogen (secondary N) is 1. The Morgan fingerprint density at radius 2 is 1.90 bits per heavy atom. The molecular formula is C23H25N3O4S. The lowest BCUT2D eigenvalue weighted by atomic mass is 10.1. The van der Waals surface area contributed by atoms with E-state index in [0.29, 0.717) is 42.8 Å². The SMILES string of the molecule is CSCCC(C(=O)N1CCOC(c2ccccc2)C1)n1c(=O)[nH]c2ccccc2c1=O. The van der Waals surface area contributed by atoms with Gasteiger partial charge < -0.3 is 14.6 Å². The van der Waals surface area contributed by atoms with Crippen molar-refractivity contribution < 1.29 is 9.53 Å². The summed E-state index contributed by atoms with van der Waals surface area (Å²) in [6.45, 7) is 1.22. The molecule has 0 radical (unpaired) electrons. The average Bonchev–Trinajstić information content (AvgIpc) is 2.81. The Morgan fingerprint density at radius 1 is 1.16 bits per heavy atom. The summed E-state index contributed by atoms with van der Waals surface area (Å²) in [6, 6.07) is 15.8. The first-order valence-electron chi connectivity index (χ1n) is 10.3. The summed E-state index contributed by atoms with van der Waals surface area (Å²) in [6.07, 6.45) is 2.11. The number of carbonyl (C=O) groups excluding carboxylic acids is 1. The highest BCUT2D eigenvalue weighted by Gasteiger charge is 2.32. The predicted octanol–water partition coefficient (Wildman–Crippen LogP) is 2.58. The van der Waals surface area contributed by atoms with Gasteiger partial charge in [-0.1, -0.05) is 42.5 Å². The van der Waals surface area contributed by atoms with Crippen molar-refractivity contribution in [1.29, 1.82) is 0 Å². The first-order chi connectivity index (χ1) is 15.1. The van der Waals surface area contributed by atoms with Gasteiger partial charge in [-0.25, -0.2) is 9.36 Å². The van der Waals surface area contributed by atoms with E-state index in [4.69, 9.17) is 4.74 Å². The molecule has 1 aromatic heterocycles. The molecule has 1 saturated heterocycles. The molecule has 2 aromatic carbocycles. The molecule has 1 aliphatic rings. The quantitative estimate of drug-likeness (QED) is 0.638. The van der Waals surface area contributed by atoms with Crippen LogP contribution < -0.4 is 11.2 Å². The third-order valence-electron chi connectivity index (χ3n) is 5.58. The van der Waals surface area contributed by atoms with Crippen LogP contribution in [-0.2, 0) is 9.53 Å². The minimum atomic E-state index is -0.858. The van der Waals surface area contributed by atoms with Gasteiger partial charge in [-0.3, -0.25) is 9.59 Å². The molecule has 1 fully saturated rings. The van der Waals surface area contributed by atoms with Crippen molar-refractivity contribution in [2.45, 2.75) is 18.6 Å². The number of aromatic nitrogens is 2. The maximum atomic E-state index is 13.6. The van der Waals surface area contributed by atoms with E-state index in [1.807, 2.05) is 36.6 Å². The molecule has 0 spiro atoms. The molecule has 8 heteroatoms. The largest absolute Gasteiger partial charge is 0.370 e. The molecule has 162 valence electrons. The number of thioether (sulfide) groups is 1. The second kappa shape index (κ2) is 9.53. The zero-order chi connectivity index (χ0) is 21.8. The zero-order valence-electron chi connectivity index (χ0n) is 17.3. The van der Waals surface area contributed by atoms with Gasteiger partial charge in [0.1, 0.15) is 12.1 Å². The molecule has 3 aromatic rings. The Bertz CT molecular complexity index is 1170. The van der Waals surface area contributed by atoms with Crippen LogP contribution in [0.15, 0.2) is 64.2 Å². The maximum absolute atomic E-state index is 13.6. The first-order valence-corrected chi connectivity index (χ1v) is 11.7. The van der Waals surface area contributed by atoms with E-state index in [0.717, 1.165) is 10.1 Å². The number of benzene rings is 2. The van der Waals surface area contributed by atoms with E-state index in [1.54, 1.807) is 40.9 Å². The minimum absolute atomic E-state index is 0.221. The van der Waals surface area contributed by atoms with Gasteiger partial charge >= 0.3 is 5.69 Å². The minimum Gasteiger partial charge on any atom is -0.370 e. The van der Waals surface area contributed by atoms with Gasteiger partial charge in [0.25, 0.3) is 5.56 Å². The summed E-state index contributed by atoms with van der Waals surface area (Å²) >= 11 is 1.58. The summed E-state index contributed by atoms with van der Waals surface area (Å²) in [5, 5.41) is 0.396. The molecule has 2 unspecified atom stereocenters. The number of hydrogen-bond acceptors (Lipinski definition) is 5. The smallest absolute Gasteiger partial charge is 0.329 e. The van der Waals surface area contributed by atoms with Crippen LogP contribution in [0.3, 0.4) is 0 Å². The van der Waals surface area contributed by atoms with Gasteiger partial charge in [0.05, 0.1) is 24.1 Å². The topological polar surface area (TPSA) is 84.4 Å². The van der Waals surface area contributed by atoms with Crippen molar-refractivity contribution in [3.05, 3.63) is 81.0 Å². The number of nitrogens with zero attached hydrogens (tertiary/aromatic N) is 2. The van der Waals surface area contributed by atoms with Gasteiger partial charge in [-0.2, -0.15) is 11.8 Å². The molecule has 1 aliphatic heterocycles. The fourth-order valence-electron chi connectivity index (χ4n) is 3.98. The van der Waals surface area contributed by atoms with E-state index in [9.17, 15) is 14.4 Å². The molecule has 2 heterocycles. The number of H-pyrrole nitrogens is 1. The normalized spacial score (nSPS) is 17.6. The summed E-state index contributed by atoms with van der Waals surface area (Å²) in [4.78, 5) is 44.0. The molecule has 7 nitrogen and oxygen atoms in total. The van der Waals surface area contributed by atoms with Crippen molar-refractivity contribution in [2.75, 3.05) is 31.7 Å². The van der Waals surface area contributed by atoms with Crippen molar-refractivity contribution in [3.63, 3.8) is 0 Å². The van der Waals surface area contributed by atoms with Crippen LogP contribution in [0.2, 0.25) is 0 Å². The first kappa shape index (κ1) is 21.4. The molecule has 0 saturated carbocycles. The number of aromatic amines is 1. The summed E-state index contributed by atoms with van der Waals surface area (Å²) < 4.78 is 6.97. The van der Waals surface area contributed by atoms with Crippen LogP contribution in [0.4, 0.5) is 0 Å². The van der Waals surface area contributed by atoms with Crippen LogP contribution in [0.5, 0.6) is 0 Å². The molecule has 0 bridgehead atoms. The van der Waals surface area contributed by atoms with Crippen molar-refractivity contribution in [1.82, 2.24) is 14.5 Å². The van der Waals surface area contributed by atoms with Gasteiger partial charge in [-0.15, -0.1) is 0 Å². The molecule has 31 heavy (non-hydrogen) atoms. The number of para-hydroxylation sites is 1. The predicted molar refractivity (Wildman–Crippen MR) is 123 cm³/mol. The Morgan fingerprint density at radius 3 is 2.68 bits per heavy atom. The molecule has 0 aliphatic carbocycles. The van der Waals surface area contributed by atoms with Gasteiger partial charge in [0.15, 0.2) is 0 Å². The summed E-state index contributed by atoms with van der Waals surface area (Å²) in [5.41, 5.74) is 0.476. The summed E-state index contributed by atoms with van der Waals surface area (Å²) in [5.74, 6) is 0.433. The van der Waals surface area contributed by atoms with Gasteiger partial charge in [-0.05, 0) is 36.1 Å². The monoisotopic (exact) mass is 439 g/mol. The standard InChI is InChI=1S/C23H25N3O4S/c1-31-14-11-19(26-21(27)17-9-5-6-10-18(17)24-23(26)29)22(28)25-12-13-30-20(15-25)16-7-3-2-4-8-16/h2-10,19-20H,11-15H2,1H3,(H,24,29). The van der Waals surface area contributed by atoms with Crippen LogP contribution in [-0.4, -0.2) is 52.1 Å². The Kier molecular flexibility index (Phi) is 6.58. The van der Waals surface area contributed by atoms with E-state index in [-0.39, 0.29) is 12.0 Å². The second-order valence-corrected chi connectivity index (χ2v) is 8.49. The highest BCUT2D eigenvalue weighted by molar-refractivity contribution is 7.98. The number of morpholine rings is 1. The fourth-order valence-corrected chi connectivity index (χ4v) is 4.44. The highest BCUT2D eigenvalue weighted by atomic mass is 32.2. The molecular weight excluding hydrogens is 414 g/mol. The van der Waals surface area contributed by atoms with E-state index in [1.165, 1.54) is 0 Å². The van der Waals surface area contributed by atoms with Crippen LogP contribution in [0, 0.1) is 0 Å². The van der Waals surface area contributed by atoms with Crippen molar-refractivity contribution in [2.24, 2.45) is 0 Å². The lowest BCUT2D eigenvalue weighted by Gasteiger charge is -2.35.